The number of benzene rings is 2. The molecule has 0 N–H and O–H groups in total. The minimum Gasteiger partial charge on any atom is -0.494 e. The number of thioether (sulfide) groups is 1. The third-order valence-corrected chi connectivity index (χ3v) is 5.17. The Morgan fingerprint density at radius 3 is 2.61 bits per heavy atom. The smallest absolute Gasteiger partial charge is 0.220 e. The molecule has 0 aliphatic rings. The van der Waals surface area contributed by atoms with Crippen LogP contribution in [0.4, 0.5) is 4.39 Å². The van der Waals surface area contributed by atoms with E-state index in [4.69, 9.17) is 4.74 Å². The van der Waals surface area contributed by atoms with E-state index < -0.39 is 5.25 Å². The fraction of sp³-hybridized carbons (Fsp3) is 0.263. The van der Waals surface area contributed by atoms with Crippen molar-refractivity contribution in [3.05, 3.63) is 75.9 Å². The second-order valence-corrected chi connectivity index (χ2v) is 7.10. The molecule has 0 amide bonds. The molecule has 7 nitrogen and oxygen atoms in total. The van der Waals surface area contributed by atoms with Crippen molar-refractivity contribution in [2.24, 2.45) is 0 Å². The highest BCUT2D eigenvalue weighted by Crippen LogP contribution is 2.39. The molecule has 0 bridgehead atoms. The first-order chi connectivity index (χ1) is 13.5. The molecule has 146 valence electrons. The zero-order valence-electron chi connectivity index (χ0n) is 15.4. The van der Waals surface area contributed by atoms with Gasteiger partial charge in [0.05, 0.1) is 6.61 Å². The molecule has 1 heterocycles. The average molecular weight is 402 g/mol. The van der Waals surface area contributed by atoms with Gasteiger partial charge < -0.3 is 4.74 Å². The third kappa shape index (κ3) is 4.48. The van der Waals surface area contributed by atoms with Gasteiger partial charge >= 0.3 is 0 Å². The number of aryl methyl sites for hydroxylation is 1. The molecular formula is C19H19FN4O3S. The first kappa shape index (κ1) is 19.8. The van der Waals surface area contributed by atoms with E-state index in [1.165, 1.54) is 23.9 Å². The van der Waals surface area contributed by atoms with Gasteiger partial charge in [0.15, 0.2) is 5.16 Å². The summed E-state index contributed by atoms with van der Waals surface area (Å²) in [4.78, 5) is 11.0. The Hall–Kier alpha value is -2.94. The Labute approximate surface area is 165 Å². The number of rotatable bonds is 8. The van der Waals surface area contributed by atoms with Crippen LogP contribution in [0.2, 0.25) is 0 Å². The van der Waals surface area contributed by atoms with E-state index in [-0.39, 0.29) is 17.3 Å². The highest BCUT2D eigenvalue weighted by Gasteiger charge is 2.26. The third-order valence-electron chi connectivity index (χ3n) is 4.01. The second kappa shape index (κ2) is 8.83. The number of hydrogen-bond donors (Lipinski definition) is 0. The SMILES string of the molecule is CCOc1ccccc1[C@@H](C[N+](=O)[O-])Sc1nnc(C)n1-c1ccc(F)cc1. The van der Waals surface area contributed by atoms with Crippen LogP contribution in [0.5, 0.6) is 5.75 Å². The quantitative estimate of drug-likeness (QED) is 0.319. The van der Waals surface area contributed by atoms with Gasteiger partial charge in [-0.25, -0.2) is 4.39 Å². The molecule has 0 spiro atoms. The van der Waals surface area contributed by atoms with E-state index in [2.05, 4.69) is 10.2 Å². The molecule has 3 rings (SSSR count). The van der Waals surface area contributed by atoms with Gasteiger partial charge in [-0.1, -0.05) is 30.0 Å². The molecule has 0 radical (unpaired) electrons. The van der Waals surface area contributed by atoms with Crippen molar-refractivity contribution in [3.8, 4) is 11.4 Å². The molecule has 0 aliphatic heterocycles. The van der Waals surface area contributed by atoms with Crippen LogP contribution < -0.4 is 4.74 Å². The summed E-state index contributed by atoms with van der Waals surface area (Å²) >= 11 is 1.23. The monoisotopic (exact) mass is 402 g/mol. The zero-order chi connectivity index (χ0) is 20.1. The van der Waals surface area contributed by atoms with E-state index in [0.717, 1.165) is 5.56 Å². The first-order valence-electron chi connectivity index (χ1n) is 8.67. The Bertz CT molecular complexity index is 962. The van der Waals surface area contributed by atoms with Crippen LogP contribution in [0.15, 0.2) is 53.7 Å². The normalized spacial score (nSPS) is 12.0. The number of aromatic nitrogens is 3. The molecule has 1 aromatic heterocycles. The van der Waals surface area contributed by atoms with Crippen LogP contribution >= 0.6 is 11.8 Å². The number of para-hydroxylation sites is 1. The summed E-state index contributed by atoms with van der Waals surface area (Å²) in [5, 5.41) is 19.5. The largest absolute Gasteiger partial charge is 0.494 e. The molecule has 1 atom stereocenters. The number of ether oxygens (including phenoxy) is 1. The highest BCUT2D eigenvalue weighted by molar-refractivity contribution is 7.99. The van der Waals surface area contributed by atoms with Crippen molar-refractivity contribution in [1.82, 2.24) is 14.8 Å². The minimum atomic E-state index is -0.527. The molecule has 0 fully saturated rings. The number of nitrogens with zero attached hydrogens (tertiary/aromatic N) is 4. The van der Waals surface area contributed by atoms with Crippen LogP contribution in [0.25, 0.3) is 5.69 Å². The van der Waals surface area contributed by atoms with E-state index in [0.29, 0.717) is 29.0 Å². The summed E-state index contributed by atoms with van der Waals surface area (Å²) in [6.07, 6.45) is 0. The lowest BCUT2D eigenvalue weighted by molar-refractivity contribution is -0.479. The maximum absolute atomic E-state index is 13.3. The minimum absolute atomic E-state index is 0.302. The zero-order valence-corrected chi connectivity index (χ0v) is 16.2. The van der Waals surface area contributed by atoms with Gasteiger partial charge in [-0.3, -0.25) is 14.7 Å². The highest BCUT2D eigenvalue weighted by atomic mass is 32.2. The van der Waals surface area contributed by atoms with Gasteiger partial charge in [0.1, 0.15) is 22.6 Å². The van der Waals surface area contributed by atoms with E-state index in [9.17, 15) is 14.5 Å². The van der Waals surface area contributed by atoms with Crippen molar-refractivity contribution in [2.75, 3.05) is 13.2 Å². The van der Waals surface area contributed by atoms with Gasteiger partial charge in [-0.2, -0.15) is 0 Å². The van der Waals surface area contributed by atoms with Gasteiger partial charge in [-0.05, 0) is 44.2 Å². The van der Waals surface area contributed by atoms with Crippen molar-refractivity contribution in [2.45, 2.75) is 24.3 Å². The first-order valence-corrected chi connectivity index (χ1v) is 9.55. The van der Waals surface area contributed by atoms with Crippen LogP contribution in [0.3, 0.4) is 0 Å². The summed E-state index contributed by atoms with van der Waals surface area (Å²) in [6.45, 7) is 3.79. The topological polar surface area (TPSA) is 83.1 Å². The Kier molecular flexibility index (Phi) is 6.25. The number of nitro groups is 1. The summed E-state index contributed by atoms with van der Waals surface area (Å²) in [5.41, 5.74) is 1.40. The van der Waals surface area contributed by atoms with Crippen LogP contribution in [-0.2, 0) is 0 Å². The van der Waals surface area contributed by atoms with Crippen molar-refractivity contribution in [3.63, 3.8) is 0 Å². The summed E-state index contributed by atoms with van der Waals surface area (Å²) in [6, 6.07) is 13.2. The van der Waals surface area contributed by atoms with Gasteiger partial charge in [0.2, 0.25) is 6.54 Å². The van der Waals surface area contributed by atoms with Crippen LogP contribution in [-0.4, -0.2) is 32.8 Å². The van der Waals surface area contributed by atoms with Gasteiger partial charge in [0, 0.05) is 16.2 Å². The van der Waals surface area contributed by atoms with Crippen molar-refractivity contribution < 1.29 is 14.1 Å². The van der Waals surface area contributed by atoms with Gasteiger partial charge in [0.25, 0.3) is 0 Å². The Morgan fingerprint density at radius 1 is 1.21 bits per heavy atom. The summed E-state index contributed by atoms with van der Waals surface area (Å²) in [7, 11) is 0. The fourth-order valence-electron chi connectivity index (χ4n) is 2.80. The molecule has 0 aliphatic carbocycles. The maximum Gasteiger partial charge on any atom is 0.220 e. The number of halogens is 1. The van der Waals surface area contributed by atoms with Crippen molar-refractivity contribution >= 4 is 11.8 Å². The molecule has 9 heteroatoms. The van der Waals surface area contributed by atoms with Gasteiger partial charge in [-0.15, -0.1) is 10.2 Å². The maximum atomic E-state index is 13.3. The lowest BCUT2D eigenvalue weighted by Gasteiger charge is -2.17. The standard InChI is InChI=1S/C19H19FN4O3S/c1-3-27-17-7-5-4-6-16(17)18(12-23(25)26)28-19-22-21-13(2)24(19)15-10-8-14(20)9-11-15/h4-11,18H,3,12H2,1-2H3/t18-/m1/s1. The molecular weight excluding hydrogens is 383 g/mol. The summed E-state index contributed by atoms with van der Waals surface area (Å²) < 4.78 is 20.7. The van der Waals surface area contributed by atoms with Crippen LogP contribution in [0, 0.1) is 22.9 Å². The number of hydrogen-bond acceptors (Lipinski definition) is 6. The molecule has 0 saturated carbocycles. The molecule has 28 heavy (non-hydrogen) atoms. The predicted octanol–water partition coefficient (Wildman–Crippen LogP) is 4.22. The van der Waals surface area contributed by atoms with E-state index in [1.54, 1.807) is 29.7 Å². The average Bonchev–Trinajstić information content (AvgIpc) is 3.03. The molecule has 3 aromatic rings. The fourth-order valence-corrected chi connectivity index (χ4v) is 4.01. The Balaban J connectivity index is 1.99. The molecule has 2 aromatic carbocycles. The molecule has 0 unspecified atom stereocenters. The summed E-state index contributed by atoms with van der Waals surface area (Å²) in [5.74, 6) is 0.863. The lowest BCUT2D eigenvalue weighted by Crippen LogP contribution is -2.12. The predicted molar refractivity (Wildman–Crippen MR) is 104 cm³/mol. The van der Waals surface area contributed by atoms with Crippen molar-refractivity contribution in [1.29, 1.82) is 0 Å². The lowest BCUT2D eigenvalue weighted by atomic mass is 10.1. The van der Waals surface area contributed by atoms with Crippen LogP contribution in [0.1, 0.15) is 23.6 Å². The molecule has 0 saturated heterocycles. The van der Waals surface area contributed by atoms with E-state index in [1.807, 2.05) is 25.1 Å². The Morgan fingerprint density at radius 2 is 1.93 bits per heavy atom. The van der Waals surface area contributed by atoms with E-state index >= 15 is 0 Å². The second-order valence-electron chi connectivity index (χ2n) is 5.93.